The van der Waals surface area contributed by atoms with Crippen LogP contribution in [-0.2, 0) is 25.0 Å². The highest BCUT2D eigenvalue weighted by Crippen LogP contribution is 2.55. The van der Waals surface area contributed by atoms with E-state index in [1.165, 1.54) is 6.07 Å². The second-order valence-electron chi connectivity index (χ2n) is 6.57. The highest BCUT2D eigenvalue weighted by molar-refractivity contribution is 7.49. The Morgan fingerprint density at radius 2 is 2.10 bits per heavy atom. The number of rotatable bonds is 4. The molecule has 2 aromatic rings. The number of alkyl halides is 1. The van der Waals surface area contributed by atoms with E-state index in [0.717, 1.165) is 6.20 Å². The molecule has 0 spiro atoms. The maximum Gasteiger partial charge on any atom is 0.530 e. The Labute approximate surface area is 172 Å². The van der Waals surface area contributed by atoms with Crippen LogP contribution in [0, 0.1) is 0 Å². The number of para-hydroxylation sites is 1. The van der Waals surface area contributed by atoms with Gasteiger partial charge in [0.05, 0.1) is 6.61 Å². The van der Waals surface area contributed by atoms with E-state index in [2.05, 4.69) is 0 Å². The van der Waals surface area contributed by atoms with Gasteiger partial charge in [0, 0.05) is 11.8 Å². The first-order chi connectivity index (χ1) is 14.1. The average Bonchev–Trinajstić information content (AvgIpc) is 2.94. The van der Waals surface area contributed by atoms with Gasteiger partial charge < -0.3 is 19.5 Å². The minimum absolute atomic E-state index is 0.118. The molecule has 162 valence electrons. The molecule has 0 radical (unpaired) electrons. The van der Waals surface area contributed by atoms with Gasteiger partial charge in [-0.25, -0.2) is 13.8 Å². The molecule has 30 heavy (non-hydrogen) atoms. The second kappa shape index (κ2) is 7.57. The Kier molecular flexibility index (Phi) is 5.35. The SMILES string of the molecule is O=c1[nH]c(=O)n([C@@H]2O[C@](F)(COP3(=O)OCc4ccccc4O3)[C@@H](O)[C@H]2O)cc1Cl. The van der Waals surface area contributed by atoms with Gasteiger partial charge in [0.25, 0.3) is 11.4 Å². The zero-order valence-electron chi connectivity index (χ0n) is 14.9. The van der Waals surface area contributed by atoms with Gasteiger partial charge in [0.15, 0.2) is 6.23 Å². The molecule has 3 N–H and O–H groups in total. The van der Waals surface area contributed by atoms with Gasteiger partial charge in [0.2, 0.25) is 0 Å². The quantitative estimate of drug-likeness (QED) is 0.559. The van der Waals surface area contributed by atoms with Crippen molar-refractivity contribution >= 4 is 19.4 Å². The van der Waals surface area contributed by atoms with Gasteiger partial charge >= 0.3 is 13.5 Å². The zero-order valence-corrected chi connectivity index (χ0v) is 16.6. The van der Waals surface area contributed by atoms with Crippen LogP contribution in [0.4, 0.5) is 4.39 Å². The van der Waals surface area contributed by atoms with Crippen LogP contribution in [0.5, 0.6) is 5.75 Å². The van der Waals surface area contributed by atoms with Crippen LogP contribution in [-0.4, -0.2) is 44.4 Å². The van der Waals surface area contributed by atoms with Crippen molar-refractivity contribution in [3.8, 4) is 5.75 Å². The third-order valence-corrected chi connectivity index (χ3v) is 6.13. The van der Waals surface area contributed by atoms with Crippen molar-refractivity contribution in [3.63, 3.8) is 0 Å². The first-order valence-corrected chi connectivity index (χ1v) is 10.4. The molecule has 1 aromatic carbocycles. The van der Waals surface area contributed by atoms with Crippen molar-refractivity contribution in [2.24, 2.45) is 0 Å². The molecule has 2 aliphatic heterocycles. The standard InChI is InChI=1S/C16H15ClFN2O9P/c17-9-5-20(15(24)19-13(9)23)14-11(21)12(22)16(18,28-14)7-27-30(25)26-6-8-3-1-2-4-10(8)29-30/h1-5,11-12,14,21-22H,6-7H2,(H,19,23,24)/t11-,12+,14-,16-,30?/m1/s1. The van der Waals surface area contributed by atoms with Gasteiger partial charge in [-0.05, 0) is 6.07 Å². The number of hydrogen-bond donors (Lipinski definition) is 3. The summed E-state index contributed by atoms with van der Waals surface area (Å²) in [6.07, 6.45) is -5.09. The summed E-state index contributed by atoms with van der Waals surface area (Å²) in [7, 11) is -4.25. The monoisotopic (exact) mass is 464 g/mol. The van der Waals surface area contributed by atoms with Crippen LogP contribution in [0.1, 0.15) is 11.8 Å². The highest BCUT2D eigenvalue weighted by atomic mass is 35.5. The van der Waals surface area contributed by atoms with Crippen molar-refractivity contribution in [1.29, 1.82) is 0 Å². The largest absolute Gasteiger partial charge is 0.530 e. The van der Waals surface area contributed by atoms with E-state index in [4.69, 9.17) is 29.9 Å². The van der Waals surface area contributed by atoms with Gasteiger partial charge in [-0.15, -0.1) is 0 Å². The van der Waals surface area contributed by atoms with Gasteiger partial charge in [0.1, 0.15) is 29.6 Å². The predicted octanol–water partition coefficient (Wildman–Crippen LogP) is 0.840. The number of phosphoric ester groups is 1. The molecule has 4 rings (SSSR count). The number of H-pyrrole nitrogens is 1. The number of nitrogens with one attached hydrogen (secondary N) is 1. The molecule has 0 bridgehead atoms. The number of aliphatic hydroxyl groups excluding tert-OH is 2. The number of nitrogens with zero attached hydrogens (tertiary/aromatic N) is 1. The van der Waals surface area contributed by atoms with E-state index < -0.39 is 55.0 Å². The minimum Gasteiger partial charge on any atom is -0.404 e. The number of aliphatic hydroxyl groups is 2. The Bertz CT molecular complexity index is 1140. The number of aromatic nitrogens is 2. The lowest BCUT2D eigenvalue weighted by Crippen LogP contribution is -2.43. The fraction of sp³-hybridized carbons (Fsp3) is 0.375. The normalized spacial score (nSPS) is 33.1. The van der Waals surface area contributed by atoms with Gasteiger partial charge in [-0.3, -0.25) is 23.4 Å². The predicted molar refractivity (Wildman–Crippen MR) is 97.7 cm³/mol. The number of fused-ring (bicyclic) bond motifs is 1. The smallest absolute Gasteiger partial charge is 0.404 e. The van der Waals surface area contributed by atoms with E-state index in [1.807, 2.05) is 4.98 Å². The van der Waals surface area contributed by atoms with E-state index in [9.17, 15) is 24.4 Å². The lowest BCUT2D eigenvalue weighted by atomic mass is 10.1. The molecule has 3 heterocycles. The van der Waals surface area contributed by atoms with Crippen LogP contribution in [0.2, 0.25) is 5.02 Å². The summed E-state index contributed by atoms with van der Waals surface area (Å²) in [5.41, 5.74) is -1.36. The Balaban J connectivity index is 1.52. The van der Waals surface area contributed by atoms with Gasteiger partial charge in [-0.2, -0.15) is 0 Å². The first-order valence-electron chi connectivity index (χ1n) is 8.52. The van der Waals surface area contributed by atoms with E-state index in [-0.39, 0.29) is 12.4 Å². The van der Waals surface area contributed by atoms with Crippen molar-refractivity contribution in [2.75, 3.05) is 6.61 Å². The molecule has 1 saturated heterocycles. The second-order valence-corrected chi connectivity index (χ2v) is 8.57. The van der Waals surface area contributed by atoms with Crippen LogP contribution in [0.25, 0.3) is 0 Å². The number of hydrogen-bond acceptors (Lipinski definition) is 9. The number of halogens is 2. The molecule has 0 saturated carbocycles. The molecular weight excluding hydrogens is 450 g/mol. The number of aromatic amines is 1. The Morgan fingerprint density at radius 1 is 1.37 bits per heavy atom. The Hall–Kier alpha value is -2.05. The molecule has 0 aliphatic carbocycles. The van der Waals surface area contributed by atoms with Crippen molar-refractivity contribution in [3.05, 3.63) is 61.9 Å². The molecule has 2 aliphatic rings. The van der Waals surface area contributed by atoms with Crippen molar-refractivity contribution in [2.45, 2.75) is 30.9 Å². The van der Waals surface area contributed by atoms with Crippen molar-refractivity contribution in [1.82, 2.24) is 9.55 Å². The summed E-state index contributed by atoms with van der Waals surface area (Å²) in [6, 6.07) is 6.54. The minimum atomic E-state index is -4.25. The lowest BCUT2D eigenvalue weighted by molar-refractivity contribution is -0.205. The summed E-state index contributed by atoms with van der Waals surface area (Å²) in [4.78, 5) is 25.2. The van der Waals surface area contributed by atoms with Crippen LogP contribution in [0.15, 0.2) is 40.1 Å². The maximum atomic E-state index is 15.2. The summed E-state index contributed by atoms with van der Waals surface area (Å²) < 4.78 is 48.6. The zero-order chi connectivity index (χ0) is 21.7. The average molecular weight is 465 g/mol. The number of ether oxygens (including phenoxy) is 1. The highest BCUT2D eigenvalue weighted by Gasteiger charge is 2.57. The van der Waals surface area contributed by atoms with Crippen LogP contribution >= 0.6 is 19.4 Å². The summed E-state index contributed by atoms with van der Waals surface area (Å²) in [5, 5.41) is 19.8. The van der Waals surface area contributed by atoms with E-state index >= 15 is 4.39 Å². The molecule has 14 heteroatoms. The van der Waals surface area contributed by atoms with Crippen LogP contribution < -0.4 is 15.8 Å². The topological polar surface area (TPSA) is 149 Å². The van der Waals surface area contributed by atoms with Crippen LogP contribution in [0.3, 0.4) is 0 Å². The Morgan fingerprint density at radius 3 is 2.87 bits per heavy atom. The third kappa shape index (κ3) is 3.71. The fourth-order valence-corrected chi connectivity index (χ4v) is 4.36. The van der Waals surface area contributed by atoms with E-state index in [1.54, 1.807) is 18.2 Å². The maximum absolute atomic E-state index is 15.2. The number of benzene rings is 1. The molecule has 11 nitrogen and oxygen atoms in total. The lowest BCUT2D eigenvalue weighted by Gasteiger charge is -2.28. The van der Waals surface area contributed by atoms with E-state index in [0.29, 0.717) is 10.1 Å². The summed E-state index contributed by atoms with van der Waals surface area (Å²) in [6.45, 7) is -1.28. The molecule has 0 amide bonds. The molecule has 1 unspecified atom stereocenters. The third-order valence-electron chi connectivity index (χ3n) is 4.55. The summed E-state index contributed by atoms with van der Waals surface area (Å²) in [5.74, 6) is -2.87. The molecule has 5 atom stereocenters. The first kappa shape index (κ1) is 21.2. The summed E-state index contributed by atoms with van der Waals surface area (Å²) >= 11 is 5.65. The molecule has 1 aromatic heterocycles. The fourth-order valence-electron chi connectivity index (χ4n) is 2.98. The van der Waals surface area contributed by atoms with Gasteiger partial charge in [-0.1, -0.05) is 29.8 Å². The number of phosphoric acid groups is 1. The molecular formula is C16H15ClFN2O9P. The molecule has 1 fully saturated rings. The van der Waals surface area contributed by atoms with Crippen molar-refractivity contribution < 1.29 is 37.5 Å².